The molecular formula is C33H40O20. The highest BCUT2D eigenvalue weighted by Gasteiger charge is 2.52. The van der Waals surface area contributed by atoms with Gasteiger partial charge in [-0.05, 0) is 31.2 Å². The van der Waals surface area contributed by atoms with Gasteiger partial charge in [0.05, 0.1) is 19.3 Å². The summed E-state index contributed by atoms with van der Waals surface area (Å²) in [6.45, 7) is -0.140. The monoisotopic (exact) mass is 756 g/mol. The Balaban J connectivity index is 1.39. The second-order valence-corrected chi connectivity index (χ2v) is 12.9. The lowest BCUT2D eigenvalue weighted by atomic mass is 9.97. The molecule has 1 aromatic heterocycles. The zero-order valence-corrected chi connectivity index (χ0v) is 27.7. The van der Waals surface area contributed by atoms with Crippen molar-refractivity contribution >= 4 is 11.0 Å². The molecule has 4 heterocycles. The van der Waals surface area contributed by atoms with E-state index >= 15 is 0 Å². The standard InChI is InChI=1S/C33H40O20/c1-10-19(38)23(42)26(45)31(48-10)47-9-17-21(40)25(44)30(53-32-27(46)24(43)20(39)16(8-34)50-32)33(51-17)52-29-22(41)18-14(37)6-13(36)7-15(18)49-28(29)11-2-4-12(35)5-3-11/h2-7,10,16-17,19-21,23-27,30-40,42-46H,8-9H2,1H3/t10-,16+,17+,19-,20+,21+,23-,24-,25-,26+,27+,30+,31+,32-,33-/m0/s1. The summed E-state index contributed by atoms with van der Waals surface area (Å²) in [7, 11) is 0. The van der Waals surface area contributed by atoms with Gasteiger partial charge in [0.25, 0.3) is 0 Å². The van der Waals surface area contributed by atoms with Gasteiger partial charge in [-0.2, -0.15) is 0 Å². The Morgan fingerprint density at radius 3 is 1.98 bits per heavy atom. The van der Waals surface area contributed by atoms with Gasteiger partial charge in [-0.1, -0.05) is 0 Å². The molecule has 15 atom stereocenters. The molecule has 12 N–H and O–H groups in total. The van der Waals surface area contributed by atoms with Gasteiger partial charge in [-0.3, -0.25) is 4.79 Å². The lowest BCUT2D eigenvalue weighted by molar-refractivity contribution is -0.362. The van der Waals surface area contributed by atoms with Gasteiger partial charge in [-0.15, -0.1) is 0 Å². The number of phenolic OH excluding ortho intramolecular Hbond substituents is 3. The van der Waals surface area contributed by atoms with Crippen LogP contribution in [0.5, 0.6) is 23.0 Å². The van der Waals surface area contributed by atoms with E-state index in [1.807, 2.05) is 0 Å². The molecule has 3 aliphatic rings. The van der Waals surface area contributed by atoms with Crippen LogP contribution in [0.1, 0.15) is 6.92 Å². The smallest absolute Gasteiger partial charge is 0.239 e. The summed E-state index contributed by atoms with van der Waals surface area (Å²) in [5.74, 6) is -2.39. The molecule has 3 fully saturated rings. The number of rotatable bonds is 9. The predicted octanol–water partition coefficient (Wildman–Crippen LogP) is -3.57. The van der Waals surface area contributed by atoms with Gasteiger partial charge in [0.15, 0.2) is 24.4 Å². The summed E-state index contributed by atoms with van der Waals surface area (Å²) in [6.07, 6.45) is -26.1. The summed E-state index contributed by atoms with van der Waals surface area (Å²) in [6, 6.07) is 7.05. The molecule has 0 aliphatic carbocycles. The molecule has 20 heteroatoms. The van der Waals surface area contributed by atoms with Crippen LogP contribution in [0.15, 0.2) is 45.6 Å². The van der Waals surface area contributed by atoms with E-state index in [1.165, 1.54) is 31.2 Å². The molecule has 0 amide bonds. The van der Waals surface area contributed by atoms with Crippen molar-refractivity contribution in [3.63, 3.8) is 0 Å². The molecule has 0 saturated carbocycles. The van der Waals surface area contributed by atoms with E-state index in [0.717, 1.165) is 12.1 Å². The van der Waals surface area contributed by atoms with Crippen LogP contribution < -0.4 is 10.2 Å². The normalized spacial score (nSPS) is 37.8. The molecule has 0 bridgehead atoms. The number of hydrogen-bond acceptors (Lipinski definition) is 20. The Bertz CT molecular complexity index is 1780. The Morgan fingerprint density at radius 1 is 0.679 bits per heavy atom. The molecule has 0 spiro atoms. The molecule has 2 aromatic carbocycles. The first-order valence-corrected chi connectivity index (χ1v) is 16.4. The molecule has 6 rings (SSSR count). The number of aromatic hydroxyl groups is 3. The Morgan fingerprint density at radius 2 is 1.30 bits per heavy atom. The second kappa shape index (κ2) is 15.6. The number of fused-ring (bicyclic) bond motifs is 1. The van der Waals surface area contributed by atoms with Crippen LogP contribution in [-0.2, 0) is 23.7 Å². The number of benzene rings is 2. The fraction of sp³-hybridized carbons (Fsp3) is 0.545. The zero-order chi connectivity index (χ0) is 38.5. The summed E-state index contributed by atoms with van der Waals surface area (Å²) in [5.41, 5.74) is -1.23. The minimum atomic E-state index is -2.06. The lowest BCUT2D eigenvalue weighted by Crippen LogP contribution is -2.65. The maximum absolute atomic E-state index is 14.0. The van der Waals surface area contributed by atoms with E-state index in [1.54, 1.807) is 0 Å². The van der Waals surface area contributed by atoms with Crippen LogP contribution in [0.4, 0.5) is 0 Å². The van der Waals surface area contributed by atoms with Crippen LogP contribution in [0, 0.1) is 0 Å². The number of ether oxygens (including phenoxy) is 6. The Hall–Kier alpha value is -3.71. The van der Waals surface area contributed by atoms with Crippen LogP contribution in [0.2, 0.25) is 0 Å². The molecule has 3 saturated heterocycles. The summed E-state index contributed by atoms with van der Waals surface area (Å²) >= 11 is 0. The molecule has 3 aromatic rings. The highest BCUT2D eigenvalue weighted by molar-refractivity contribution is 5.88. The van der Waals surface area contributed by atoms with Crippen molar-refractivity contribution in [3.05, 3.63) is 46.6 Å². The van der Waals surface area contributed by atoms with Crippen molar-refractivity contribution < 1.29 is 94.1 Å². The van der Waals surface area contributed by atoms with Gasteiger partial charge in [0.2, 0.25) is 17.5 Å². The van der Waals surface area contributed by atoms with Crippen molar-refractivity contribution in [2.75, 3.05) is 13.2 Å². The minimum Gasteiger partial charge on any atom is -0.508 e. The van der Waals surface area contributed by atoms with Gasteiger partial charge in [-0.25, -0.2) is 0 Å². The fourth-order valence-corrected chi connectivity index (χ4v) is 6.25. The number of aliphatic hydroxyl groups excluding tert-OH is 9. The largest absolute Gasteiger partial charge is 0.508 e. The van der Waals surface area contributed by atoms with Crippen molar-refractivity contribution in [2.24, 2.45) is 0 Å². The summed E-state index contributed by atoms with van der Waals surface area (Å²) in [5, 5.41) is 124. The van der Waals surface area contributed by atoms with Crippen molar-refractivity contribution in [2.45, 2.75) is 99.0 Å². The van der Waals surface area contributed by atoms with Gasteiger partial charge >= 0.3 is 0 Å². The summed E-state index contributed by atoms with van der Waals surface area (Å²) < 4.78 is 40.0. The van der Waals surface area contributed by atoms with Crippen molar-refractivity contribution in [1.82, 2.24) is 0 Å². The third-order valence-electron chi connectivity index (χ3n) is 9.30. The molecular weight excluding hydrogens is 716 g/mol. The van der Waals surface area contributed by atoms with Gasteiger partial charge < -0.3 is 94.1 Å². The molecule has 292 valence electrons. The number of aliphatic hydroxyl groups is 9. The first-order chi connectivity index (χ1) is 25.1. The SMILES string of the molecule is C[C@@H]1O[C@@H](OC[C@H]2O[C@@H](Oc3c(-c4ccc(O)cc4)oc4cc(O)cc(O)c4c3=O)[C@H](O[C@@H]3O[C@H](CO)[C@@H](O)[C@H](O)[C@H]3O)[C@@H](O)[C@@H]2O)[C@H](O)[C@@H](O)[C@H]1O. The number of phenols is 3. The first kappa shape index (κ1) is 39.0. The van der Waals surface area contributed by atoms with Crippen LogP contribution in [0.25, 0.3) is 22.3 Å². The minimum absolute atomic E-state index is 0.112. The zero-order valence-electron chi connectivity index (χ0n) is 27.7. The van der Waals surface area contributed by atoms with Crippen LogP contribution in [0.3, 0.4) is 0 Å². The van der Waals surface area contributed by atoms with Crippen molar-refractivity contribution in [1.29, 1.82) is 0 Å². The topological polar surface area (TPSA) is 328 Å². The molecule has 0 unspecified atom stereocenters. The third kappa shape index (κ3) is 7.52. The molecule has 53 heavy (non-hydrogen) atoms. The quantitative estimate of drug-likeness (QED) is 0.100. The number of hydrogen-bond donors (Lipinski definition) is 12. The molecule has 3 aliphatic heterocycles. The average molecular weight is 757 g/mol. The first-order valence-electron chi connectivity index (χ1n) is 16.4. The van der Waals surface area contributed by atoms with E-state index in [2.05, 4.69) is 0 Å². The van der Waals surface area contributed by atoms with Gasteiger partial charge in [0.1, 0.15) is 89.3 Å². The van der Waals surface area contributed by atoms with Crippen molar-refractivity contribution in [3.8, 4) is 34.3 Å². The van der Waals surface area contributed by atoms with E-state index in [0.29, 0.717) is 0 Å². The average Bonchev–Trinajstić information content (AvgIpc) is 3.12. The fourth-order valence-electron chi connectivity index (χ4n) is 6.25. The maximum atomic E-state index is 14.0. The van der Waals surface area contributed by atoms with Crippen LogP contribution in [-0.4, -0.2) is 167 Å². The van der Waals surface area contributed by atoms with Crippen LogP contribution >= 0.6 is 0 Å². The predicted molar refractivity (Wildman–Crippen MR) is 171 cm³/mol. The highest BCUT2D eigenvalue weighted by atomic mass is 16.8. The van der Waals surface area contributed by atoms with E-state index in [-0.39, 0.29) is 22.7 Å². The van der Waals surface area contributed by atoms with E-state index in [4.69, 9.17) is 32.8 Å². The summed E-state index contributed by atoms with van der Waals surface area (Å²) in [4.78, 5) is 14.0. The Labute approximate surface area is 298 Å². The Kier molecular flexibility index (Phi) is 11.5. The van der Waals surface area contributed by atoms with Gasteiger partial charge in [0, 0.05) is 17.7 Å². The maximum Gasteiger partial charge on any atom is 0.239 e. The van der Waals surface area contributed by atoms with E-state index < -0.39 is 133 Å². The third-order valence-corrected chi connectivity index (χ3v) is 9.30. The lowest BCUT2D eigenvalue weighted by Gasteiger charge is -2.46. The molecule has 0 radical (unpaired) electrons. The molecule has 20 nitrogen and oxygen atoms in total. The highest BCUT2D eigenvalue weighted by Crippen LogP contribution is 2.38. The van der Waals surface area contributed by atoms with E-state index in [9.17, 15) is 66.1 Å². The second-order valence-electron chi connectivity index (χ2n) is 12.9.